The lowest BCUT2D eigenvalue weighted by Crippen LogP contribution is -2.36. The van der Waals surface area contributed by atoms with Crippen molar-refractivity contribution in [3.63, 3.8) is 0 Å². The molecule has 0 spiro atoms. The number of hydrogen-bond donors (Lipinski definition) is 1. The maximum atomic E-state index is 5.74. The van der Waals surface area contributed by atoms with Gasteiger partial charge in [0.15, 0.2) is 0 Å². The normalized spacial score (nSPS) is 21.0. The van der Waals surface area contributed by atoms with Crippen LogP contribution in [0.1, 0.15) is 37.8 Å². The molecule has 1 aliphatic heterocycles. The van der Waals surface area contributed by atoms with Crippen molar-refractivity contribution in [1.29, 1.82) is 0 Å². The molecule has 0 saturated heterocycles. The molecule has 0 amide bonds. The molecule has 1 N–H and O–H groups in total. The summed E-state index contributed by atoms with van der Waals surface area (Å²) >= 11 is 0. The van der Waals surface area contributed by atoms with Gasteiger partial charge in [0.25, 0.3) is 0 Å². The number of likely N-dealkylation sites (N-methyl/N-ethyl adjacent to an activating group) is 1. The third-order valence-corrected chi connectivity index (χ3v) is 4.52. The van der Waals surface area contributed by atoms with E-state index in [1.807, 2.05) is 12.1 Å². The smallest absolute Gasteiger partial charge is 0.124 e. The van der Waals surface area contributed by atoms with E-state index in [9.17, 15) is 0 Å². The molecular formula is C17H26N2O2. The summed E-state index contributed by atoms with van der Waals surface area (Å²) in [6.45, 7) is 6.37. The van der Waals surface area contributed by atoms with Crippen LogP contribution >= 0.6 is 0 Å². The van der Waals surface area contributed by atoms with Gasteiger partial charge in [-0.1, -0.05) is 6.92 Å². The highest BCUT2D eigenvalue weighted by Gasteiger charge is 2.28. The Morgan fingerprint density at radius 1 is 1.33 bits per heavy atom. The molecular weight excluding hydrogens is 264 g/mol. The van der Waals surface area contributed by atoms with Crippen molar-refractivity contribution < 1.29 is 9.47 Å². The molecule has 1 aromatic carbocycles. The van der Waals surface area contributed by atoms with Crippen molar-refractivity contribution in [2.75, 3.05) is 33.4 Å². The first-order chi connectivity index (χ1) is 10.3. The van der Waals surface area contributed by atoms with Gasteiger partial charge in [-0.15, -0.1) is 0 Å². The maximum absolute atomic E-state index is 5.74. The predicted octanol–water partition coefficient (Wildman–Crippen LogP) is 2.59. The number of fused-ring (bicyclic) bond motifs is 1. The molecule has 0 bridgehead atoms. The summed E-state index contributed by atoms with van der Waals surface area (Å²) in [6, 6.07) is 7.31. The van der Waals surface area contributed by atoms with Crippen LogP contribution in [0.3, 0.4) is 0 Å². The van der Waals surface area contributed by atoms with Crippen LogP contribution in [-0.2, 0) is 0 Å². The molecule has 0 aromatic heterocycles. The Labute approximate surface area is 127 Å². The second-order valence-electron chi connectivity index (χ2n) is 5.91. The fraction of sp³-hybridized carbons (Fsp3) is 0.647. The predicted molar refractivity (Wildman–Crippen MR) is 84.1 cm³/mol. The molecule has 1 saturated carbocycles. The molecule has 1 aliphatic carbocycles. The molecule has 116 valence electrons. The van der Waals surface area contributed by atoms with Crippen LogP contribution in [0.15, 0.2) is 18.2 Å². The average molecular weight is 290 g/mol. The van der Waals surface area contributed by atoms with E-state index < -0.39 is 0 Å². The second-order valence-corrected chi connectivity index (χ2v) is 5.91. The SMILES string of the molecule is CCN(CCNC1CCOc2ccc(OC)cc21)C1CC1. The van der Waals surface area contributed by atoms with Gasteiger partial charge in [0.2, 0.25) is 0 Å². The summed E-state index contributed by atoms with van der Waals surface area (Å²) in [4.78, 5) is 2.58. The third kappa shape index (κ3) is 3.50. The number of nitrogens with zero attached hydrogens (tertiary/aromatic N) is 1. The molecule has 0 radical (unpaired) electrons. The molecule has 1 unspecified atom stereocenters. The number of ether oxygens (including phenoxy) is 2. The zero-order chi connectivity index (χ0) is 14.7. The fourth-order valence-corrected chi connectivity index (χ4v) is 3.13. The first-order valence-electron chi connectivity index (χ1n) is 8.10. The zero-order valence-electron chi connectivity index (χ0n) is 13.1. The van der Waals surface area contributed by atoms with Crippen LogP contribution in [0.5, 0.6) is 11.5 Å². The van der Waals surface area contributed by atoms with Gasteiger partial charge in [0, 0.05) is 37.2 Å². The van der Waals surface area contributed by atoms with Gasteiger partial charge in [-0.05, 0) is 37.6 Å². The van der Waals surface area contributed by atoms with Gasteiger partial charge in [0.05, 0.1) is 13.7 Å². The largest absolute Gasteiger partial charge is 0.497 e. The Kier molecular flexibility index (Phi) is 4.66. The van der Waals surface area contributed by atoms with Crippen LogP contribution in [0.4, 0.5) is 0 Å². The lowest BCUT2D eigenvalue weighted by molar-refractivity contribution is 0.237. The lowest BCUT2D eigenvalue weighted by atomic mass is 10.00. The van der Waals surface area contributed by atoms with E-state index in [0.717, 1.165) is 50.2 Å². The van der Waals surface area contributed by atoms with Crippen molar-refractivity contribution in [3.8, 4) is 11.5 Å². The van der Waals surface area contributed by atoms with Crippen LogP contribution in [0, 0.1) is 0 Å². The Bertz CT molecular complexity index is 474. The molecule has 1 heterocycles. The Morgan fingerprint density at radius 3 is 2.90 bits per heavy atom. The minimum Gasteiger partial charge on any atom is -0.497 e. The topological polar surface area (TPSA) is 33.7 Å². The summed E-state index contributed by atoms with van der Waals surface area (Å²) < 4.78 is 11.1. The standard InChI is InChI=1S/C17H26N2O2/c1-3-19(13-4-5-13)10-9-18-16-8-11-21-17-7-6-14(20-2)12-15(16)17/h6-7,12-13,16,18H,3-5,8-11H2,1-2H3. The zero-order valence-corrected chi connectivity index (χ0v) is 13.1. The lowest BCUT2D eigenvalue weighted by Gasteiger charge is -2.28. The van der Waals surface area contributed by atoms with Gasteiger partial charge in [0.1, 0.15) is 11.5 Å². The second kappa shape index (κ2) is 6.67. The molecule has 1 aromatic rings. The number of nitrogens with one attached hydrogen (secondary N) is 1. The van der Waals surface area contributed by atoms with Gasteiger partial charge in [-0.3, -0.25) is 4.90 Å². The monoisotopic (exact) mass is 290 g/mol. The Morgan fingerprint density at radius 2 is 2.19 bits per heavy atom. The Balaban J connectivity index is 1.59. The van der Waals surface area contributed by atoms with Crippen molar-refractivity contribution in [2.45, 2.75) is 38.3 Å². The van der Waals surface area contributed by atoms with E-state index in [1.54, 1.807) is 7.11 Å². The summed E-state index contributed by atoms with van der Waals surface area (Å²) in [6.07, 6.45) is 3.78. The van der Waals surface area contributed by atoms with E-state index in [4.69, 9.17) is 9.47 Å². The number of hydrogen-bond acceptors (Lipinski definition) is 4. The summed E-state index contributed by atoms with van der Waals surface area (Å²) in [5, 5.41) is 3.70. The van der Waals surface area contributed by atoms with Gasteiger partial charge in [-0.2, -0.15) is 0 Å². The molecule has 1 atom stereocenters. The van der Waals surface area contributed by atoms with Gasteiger partial charge >= 0.3 is 0 Å². The Hall–Kier alpha value is -1.26. The van der Waals surface area contributed by atoms with Crippen molar-refractivity contribution >= 4 is 0 Å². The summed E-state index contributed by atoms with van der Waals surface area (Å²) in [5.74, 6) is 1.90. The molecule has 1 fully saturated rings. The van der Waals surface area contributed by atoms with Crippen molar-refractivity contribution in [2.24, 2.45) is 0 Å². The minimum absolute atomic E-state index is 0.377. The van der Waals surface area contributed by atoms with E-state index in [2.05, 4.69) is 23.2 Å². The van der Waals surface area contributed by atoms with E-state index >= 15 is 0 Å². The highest BCUT2D eigenvalue weighted by atomic mass is 16.5. The number of rotatable bonds is 7. The maximum Gasteiger partial charge on any atom is 0.124 e. The van der Waals surface area contributed by atoms with Gasteiger partial charge in [-0.25, -0.2) is 0 Å². The highest BCUT2D eigenvalue weighted by molar-refractivity contribution is 5.43. The molecule has 4 nitrogen and oxygen atoms in total. The first kappa shape index (κ1) is 14.7. The van der Waals surface area contributed by atoms with Crippen LogP contribution in [-0.4, -0.2) is 44.3 Å². The van der Waals surface area contributed by atoms with E-state index in [-0.39, 0.29) is 0 Å². The molecule has 4 heteroatoms. The summed E-state index contributed by atoms with van der Waals surface area (Å²) in [7, 11) is 1.71. The van der Waals surface area contributed by atoms with Gasteiger partial charge < -0.3 is 14.8 Å². The first-order valence-corrected chi connectivity index (χ1v) is 8.10. The van der Waals surface area contributed by atoms with Crippen LogP contribution in [0.25, 0.3) is 0 Å². The summed E-state index contributed by atoms with van der Waals surface area (Å²) in [5.41, 5.74) is 1.23. The highest BCUT2D eigenvalue weighted by Crippen LogP contribution is 2.34. The van der Waals surface area contributed by atoms with E-state index in [0.29, 0.717) is 6.04 Å². The quantitative estimate of drug-likeness (QED) is 0.837. The van der Waals surface area contributed by atoms with Crippen LogP contribution < -0.4 is 14.8 Å². The number of methoxy groups -OCH3 is 1. The average Bonchev–Trinajstić information content (AvgIpc) is 3.36. The van der Waals surface area contributed by atoms with Crippen molar-refractivity contribution in [3.05, 3.63) is 23.8 Å². The molecule has 21 heavy (non-hydrogen) atoms. The fourth-order valence-electron chi connectivity index (χ4n) is 3.13. The minimum atomic E-state index is 0.377. The van der Waals surface area contributed by atoms with Crippen LogP contribution in [0.2, 0.25) is 0 Å². The third-order valence-electron chi connectivity index (χ3n) is 4.52. The van der Waals surface area contributed by atoms with E-state index in [1.165, 1.54) is 18.4 Å². The van der Waals surface area contributed by atoms with Crippen molar-refractivity contribution in [1.82, 2.24) is 10.2 Å². The molecule has 3 rings (SSSR count). The number of benzene rings is 1. The molecule has 2 aliphatic rings.